The van der Waals surface area contributed by atoms with E-state index in [1.165, 1.54) is 26.3 Å². The highest BCUT2D eigenvalue weighted by molar-refractivity contribution is 8.33. The SMILES string of the molecule is CCC12C(c3ccc4c(oc5ccc(C)cc54)c3-c3c4ccc(CC(C)C)cc4cc[n+]3C)=CC1(C)[n+]1ccc3c4c(ccc3c1-c1c2c(C(=O)OCc2ccccc2)cc2c1oc1ccccc12)-c1c(C#N)cccc1S4(C)C. The van der Waals surface area contributed by atoms with E-state index in [1.807, 2.05) is 60.7 Å². The molecule has 15 rings (SSSR count). The normalized spacial score (nSPS) is 18.0. The van der Waals surface area contributed by atoms with Crippen LogP contribution in [0.5, 0.6) is 0 Å². The Balaban J connectivity index is 1.08. The van der Waals surface area contributed by atoms with E-state index in [-0.39, 0.29) is 12.6 Å². The van der Waals surface area contributed by atoms with Gasteiger partial charge in [-0.15, -0.1) is 0 Å². The lowest BCUT2D eigenvalue weighted by Crippen LogP contribution is -2.72. The Labute approximate surface area is 466 Å². The molecule has 1 aliphatic carbocycles. The summed E-state index contributed by atoms with van der Waals surface area (Å²) in [5.41, 5.74) is 15.3. The van der Waals surface area contributed by atoms with Crippen molar-refractivity contribution < 1.29 is 27.5 Å². The van der Waals surface area contributed by atoms with Crippen molar-refractivity contribution >= 4 is 87.0 Å². The first kappa shape index (κ1) is 48.4. The molecule has 8 heteroatoms. The molecule has 2 atom stereocenters. The van der Waals surface area contributed by atoms with Crippen LogP contribution in [-0.4, -0.2) is 18.5 Å². The van der Waals surface area contributed by atoms with Gasteiger partial charge in [-0.05, 0) is 132 Å². The van der Waals surface area contributed by atoms with Gasteiger partial charge in [-0.2, -0.15) is 19.9 Å². The molecule has 0 bridgehead atoms. The number of pyridine rings is 2. The van der Waals surface area contributed by atoms with E-state index in [0.29, 0.717) is 23.5 Å². The first-order valence-electron chi connectivity index (χ1n) is 27.9. The number of furan rings is 2. The third-order valence-corrected chi connectivity index (χ3v) is 21.2. The van der Waals surface area contributed by atoms with Crippen LogP contribution >= 0.6 is 10.0 Å². The highest BCUT2D eigenvalue weighted by Gasteiger charge is 2.69. The summed E-state index contributed by atoms with van der Waals surface area (Å²) in [7, 11) is 0.543. The smallest absolute Gasteiger partial charge is 0.338 e. The summed E-state index contributed by atoms with van der Waals surface area (Å²) in [6.45, 7) is 11.4. The molecule has 0 spiro atoms. The zero-order valence-electron chi connectivity index (χ0n) is 46.2. The molecule has 0 saturated heterocycles. The topological polar surface area (TPSA) is 84.1 Å². The number of benzene rings is 8. The van der Waals surface area contributed by atoms with Crippen LogP contribution < -0.4 is 9.13 Å². The zero-order chi connectivity index (χ0) is 54.7. The van der Waals surface area contributed by atoms with Gasteiger partial charge in [0, 0.05) is 66.9 Å². The highest BCUT2D eigenvalue weighted by atomic mass is 32.3. The summed E-state index contributed by atoms with van der Waals surface area (Å²) < 4.78 is 25.8. The Kier molecular flexibility index (Phi) is 10.3. The van der Waals surface area contributed by atoms with E-state index in [1.54, 1.807) is 0 Å². The van der Waals surface area contributed by atoms with Gasteiger partial charge in [-0.25, -0.2) is 9.36 Å². The average molecular weight is 1060 g/mol. The van der Waals surface area contributed by atoms with Gasteiger partial charge in [0.05, 0.1) is 44.5 Å². The second-order valence-electron chi connectivity index (χ2n) is 23.5. The predicted molar refractivity (Wildman–Crippen MR) is 323 cm³/mol. The molecular formula is C72H59N3O4S+2. The number of fused-ring (bicyclic) bond motifs is 20. The Morgan fingerprint density at radius 2 is 1.44 bits per heavy atom. The number of aryl methyl sites for hydroxylation is 2. The Hall–Kier alpha value is -8.77. The molecule has 12 aromatic rings. The molecule has 7 nitrogen and oxygen atoms in total. The standard InChI is InChI=1S/C72H59N3O4S/c1-9-72-57(52-27-26-50-54-35-42(4)22-29-59(54)79-67(50)62(52)65-47-24-23-44(34-41(2)3)36-45(47)30-32-74(65)6)38-71(72,5)75-33-31-51-49(25-28-53-61-46(39-73)18-15-21-60(61)80(7,8)69(51)53)66(75)63-64(72)56(70(76)77-40-43-16-11-10-12-17-43)37-55-48-19-13-14-20-58(48)78-68(55)63/h10-33,35-38,41H,9,34,40H2,1-8H3/q+2. The summed E-state index contributed by atoms with van der Waals surface area (Å²) in [5, 5.41) is 18.9. The lowest BCUT2D eigenvalue weighted by molar-refractivity contribution is -0.752. The number of carbonyl (C=O) groups is 1. The van der Waals surface area contributed by atoms with Gasteiger partial charge < -0.3 is 13.6 Å². The van der Waals surface area contributed by atoms with Crippen LogP contribution in [0.1, 0.15) is 77.9 Å². The molecule has 8 aromatic carbocycles. The monoisotopic (exact) mass is 1060 g/mol. The minimum atomic E-state index is -1.60. The molecule has 0 amide bonds. The number of carbonyl (C=O) groups excluding carboxylic acids is 1. The quantitative estimate of drug-likeness (QED) is 0.112. The fourth-order valence-corrected chi connectivity index (χ4v) is 17.6. The number of esters is 1. The second-order valence-corrected chi connectivity index (χ2v) is 27.0. The summed E-state index contributed by atoms with van der Waals surface area (Å²) in [6, 6.07) is 55.9. The van der Waals surface area contributed by atoms with Crippen LogP contribution in [-0.2, 0) is 35.8 Å². The minimum absolute atomic E-state index is 0.115. The molecule has 0 fully saturated rings. The molecule has 0 saturated carbocycles. The molecule has 2 unspecified atom stereocenters. The molecule has 80 heavy (non-hydrogen) atoms. The first-order valence-corrected chi connectivity index (χ1v) is 30.3. The molecule has 390 valence electrons. The van der Waals surface area contributed by atoms with Crippen molar-refractivity contribution in [1.82, 2.24) is 0 Å². The number of hydrogen-bond donors (Lipinski definition) is 0. The average Bonchev–Trinajstić information content (AvgIpc) is 3.65. The van der Waals surface area contributed by atoms with Crippen molar-refractivity contribution in [2.45, 2.75) is 74.8 Å². The van der Waals surface area contributed by atoms with Crippen molar-refractivity contribution in [3.8, 4) is 39.7 Å². The van der Waals surface area contributed by atoms with Gasteiger partial charge >= 0.3 is 5.97 Å². The van der Waals surface area contributed by atoms with Crippen molar-refractivity contribution in [2.75, 3.05) is 12.5 Å². The van der Waals surface area contributed by atoms with Crippen molar-refractivity contribution in [3.63, 3.8) is 0 Å². The predicted octanol–water partition coefficient (Wildman–Crippen LogP) is 16.9. The van der Waals surface area contributed by atoms with Crippen molar-refractivity contribution in [2.24, 2.45) is 13.0 Å². The third-order valence-electron chi connectivity index (χ3n) is 18.3. The first-order chi connectivity index (χ1) is 38.7. The van der Waals surface area contributed by atoms with E-state index in [2.05, 4.69) is 179 Å². The van der Waals surface area contributed by atoms with E-state index < -0.39 is 21.0 Å². The van der Waals surface area contributed by atoms with Gasteiger partial charge in [0.2, 0.25) is 11.4 Å². The van der Waals surface area contributed by atoms with E-state index in [0.717, 1.165) is 122 Å². The summed E-state index contributed by atoms with van der Waals surface area (Å²) >= 11 is 0. The van der Waals surface area contributed by atoms with E-state index in [4.69, 9.17) is 13.6 Å². The van der Waals surface area contributed by atoms with E-state index in [9.17, 15) is 5.26 Å². The number of allylic oxidation sites excluding steroid dienone is 2. The zero-order valence-corrected chi connectivity index (χ0v) is 47.1. The minimum Gasteiger partial charge on any atom is -0.457 e. The number of para-hydroxylation sites is 1. The lowest BCUT2D eigenvalue weighted by atomic mass is 9.47. The number of nitriles is 1. The third kappa shape index (κ3) is 6.41. The Bertz CT molecular complexity index is 4820. The van der Waals surface area contributed by atoms with E-state index >= 15 is 4.79 Å². The molecule has 3 aliphatic rings. The fourth-order valence-electron chi connectivity index (χ4n) is 14.8. The molecular weight excluding hydrogens is 1000 g/mol. The molecule has 0 N–H and O–H groups in total. The summed E-state index contributed by atoms with van der Waals surface area (Å²) in [5.74, 6) is 0.125. The number of aromatic nitrogens is 2. The van der Waals surface area contributed by atoms with Gasteiger partial charge in [0.1, 0.15) is 36.0 Å². The number of nitrogens with zero attached hydrogens (tertiary/aromatic N) is 3. The highest BCUT2D eigenvalue weighted by Crippen LogP contribution is 2.71. The van der Waals surface area contributed by atoms with Gasteiger partial charge in [-0.3, -0.25) is 0 Å². The maximum Gasteiger partial charge on any atom is 0.338 e. The lowest BCUT2D eigenvalue weighted by Gasteiger charge is -2.55. The van der Waals surface area contributed by atoms with Crippen LogP contribution in [0.4, 0.5) is 0 Å². The number of hydrogen-bond acceptors (Lipinski definition) is 5. The van der Waals surface area contributed by atoms with Crippen LogP contribution in [0.3, 0.4) is 0 Å². The van der Waals surface area contributed by atoms with Crippen molar-refractivity contribution in [3.05, 3.63) is 209 Å². The fraction of sp³-hybridized carbons (Fsp3) is 0.194. The maximum atomic E-state index is 15.8. The summed E-state index contributed by atoms with van der Waals surface area (Å²) in [6.07, 6.45) is 13.3. The molecule has 4 aromatic heterocycles. The molecule has 2 aliphatic heterocycles. The van der Waals surface area contributed by atoms with Gasteiger partial charge in [0.15, 0.2) is 17.9 Å². The summed E-state index contributed by atoms with van der Waals surface area (Å²) in [4.78, 5) is 18.3. The number of rotatable bonds is 8. The van der Waals surface area contributed by atoms with Gasteiger partial charge in [-0.1, -0.05) is 111 Å². The van der Waals surface area contributed by atoms with Crippen LogP contribution in [0.25, 0.3) is 105 Å². The van der Waals surface area contributed by atoms with Gasteiger partial charge in [0.25, 0.3) is 0 Å². The van der Waals surface area contributed by atoms with Crippen LogP contribution in [0.2, 0.25) is 0 Å². The largest absolute Gasteiger partial charge is 0.457 e. The number of ether oxygens (including phenoxy) is 1. The maximum absolute atomic E-state index is 15.8. The second kappa shape index (κ2) is 17.1. The Morgan fingerprint density at radius 1 is 0.688 bits per heavy atom. The van der Waals surface area contributed by atoms with Crippen LogP contribution in [0.15, 0.2) is 189 Å². The Morgan fingerprint density at radius 3 is 2.24 bits per heavy atom. The van der Waals surface area contributed by atoms with Crippen LogP contribution in [0, 0.1) is 24.2 Å². The van der Waals surface area contributed by atoms with Crippen molar-refractivity contribution in [1.29, 1.82) is 5.26 Å². The molecule has 0 radical (unpaired) electrons. The molecule has 6 heterocycles.